The molecular formula is C10H11BrN2OS2. The quantitative estimate of drug-likeness (QED) is 0.672. The van der Waals surface area contributed by atoms with Gasteiger partial charge in [0.25, 0.3) is 0 Å². The molecule has 3 N–H and O–H groups in total. The molecule has 0 aromatic carbocycles. The first kappa shape index (κ1) is 12.1. The molecule has 0 amide bonds. The third-order valence-electron chi connectivity index (χ3n) is 2.24. The summed E-state index contributed by atoms with van der Waals surface area (Å²) in [7, 11) is 1.66. The molecule has 0 radical (unpaired) electrons. The van der Waals surface area contributed by atoms with Crippen molar-refractivity contribution < 1.29 is 4.74 Å². The Morgan fingerprint density at radius 1 is 1.44 bits per heavy atom. The fourth-order valence-corrected chi connectivity index (χ4v) is 3.90. The number of hydrogen-bond donors (Lipinski definition) is 2. The maximum Gasteiger partial charge on any atom is 0.129 e. The lowest BCUT2D eigenvalue weighted by molar-refractivity contribution is 0.416. The molecule has 3 nitrogen and oxygen atoms in total. The van der Waals surface area contributed by atoms with Gasteiger partial charge < -0.3 is 4.74 Å². The van der Waals surface area contributed by atoms with Gasteiger partial charge in [0.1, 0.15) is 5.75 Å². The lowest BCUT2D eigenvalue weighted by Crippen LogP contribution is -2.28. The van der Waals surface area contributed by atoms with Crippen molar-refractivity contribution in [3.8, 4) is 5.75 Å². The highest BCUT2D eigenvalue weighted by Crippen LogP contribution is 2.35. The zero-order valence-corrected chi connectivity index (χ0v) is 11.8. The number of nitrogens with two attached hydrogens (primary N) is 1. The van der Waals surface area contributed by atoms with Crippen LogP contribution in [0.2, 0.25) is 0 Å². The molecule has 16 heavy (non-hydrogen) atoms. The summed E-state index contributed by atoms with van der Waals surface area (Å²) in [6.07, 6.45) is 0. The number of nitrogens with one attached hydrogen (secondary N) is 1. The molecule has 0 aliphatic heterocycles. The maximum atomic E-state index is 5.62. The van der Waals surface area contributed by atoms with Gasteiger partial charge in [-0.3, -0.25) is 5.84 Å². The molecule has 0 saturated heterocycles. The molecule has 2 rings (SSSR count). The standard InChI is InChI=1S/C10H11BrN2OS2/c1-14-6-2-9(16-3-6)10(13-12)7-4-15-5-8(7)11/h2-5,10,13H,12H2,1H3. The van der Waals surface area contributed by atoms with E-state index >= 15 is 0 Å². The Morgan fingerprint density at radius 2 is 2.25 bits per heavy atom. The third-order valence-corrected chi connectivity index (χ3v) is 4.96. The van der Waals surface area contributed by atoms with E-state index in [0.29, 0.717) is 0 Å². The minimum Gasteiger partial charge on any atom is -0.496 e. The first-order chi connectivity index (χ1) is 7.76. The highest BCUT2D eigenvalue weighted by atomic mass is 79.9. The number of thiophene rings is 2. The Kier molecular flexibility index (Phi) is 3.99. The van der Waals surface area contributed by atoms with Crippen LogP contribution in [-0.4, -0.2) is 7.11 Å². The molecule has 86 valence electrons. The Bertz CT molecular complexity index is 469. The summed E-state index contributed by atoms with van der Waals surface area (Å²) in [5, 5.41) is 6.10. The van der Waals surface area contributed by atoms with Crippen LogP contribution in [0.15, 0.2) is 26.7 Å². The molecule has 0 spiro atoms. The average Bonchev–Trinajstić information content (AvgIpc) is 2.90. The summed E-state index contributed by atoms with van der Waals surface area (Å²) in [6, 6.07) is 2.01. The van der Waals surface area contributed by atoms with Crippen LogP contribution in [0.1, 0.15) is 16.5 Å². The van der Waals surface area contributed by atoms with Crippen molar-refractivity contribution in [3.05, 3.63) is 37.1 Å². The molecular weight excluding hydrogens is 308 g/mol. The van der Waals surface area contributed by atoms with E-state index in [1.54, 1.807) is 29.8 Å². The fourth-order valence-electron chi connectivity index (χ4n) is 1.42. The van der Waals surface area contributed by atoms with Crippen LogP contribution in [0.25, 0.3) is 0 Å². The van der Waals surface area contributed by atoms with Gasteiger partial charge in [0.15, 0.2) is 0 Å². The number of hydrazine groups is 1. The maximum absolute atomic E-state index is 5.62. The van der Waals surface area contributed by atoms with Gasteiger partial charge in [0.2, 0.25) is 0 Å². The van der Waals surface area contributed by atoms with E-state index in [4.69, 9.17) is 10.6 Å². The van der Waals surface area contributed by atoms with Gasteiger partial charge in [-0.15, -0.1) is 11.3 Å². The molecule has 2 heterocycles. The van der Waals surface area contributed by atoms with E-state index in [1.807, 2.05) is 16.8 Å². The topological polar surface area (TPSA) is 47.3 Å². The number of rotatable bonds is 4. The van der Waals surface area contributed by atoms with Gasteiger partial charge in [-0.2, -0.15) is 11.3 Å². The summed E-state index contributed by atoms with van der Waals surface area (Å²) >= 11 is 6.80. The van der Waals surface area contributed by atoms with E-state index in [9.17, 15) is 0 Å². The SMILES string of the molecule is COc1csc(C(NN)c2cscc2Br)c1. The number of ether oxygens (including phenoxy) is 1. The molecule has 0 saturated carbocycles. The minimum absolute atomic E-state index is 0.00882. The zero-order valence-electron chi connectivity index (χ0n) is 8.57. The second-order valence-electron chi connectivity index (χ2n) is 3.16. The van der Waals surface area contributed by atoms with Crippen molar-refractivity contribution in [1.82, 2.24) is 5.43 Å². The van der Waals surface area contributed by atoms with Gasteiger partial charge in [-0.05, 0) is 27.4 Å². The number of halogens is 1. The van der Waals surface area contributed by atoms with Crippen LogP contribution in [-0.2, 0) is 0 Å². The van der Waals surface area contributed by atoms with Crippen LogP contribution in [0.5, 0.6) is 5.75 Å². The van der Waals surface area contributed by atoms with Gasteiger partial charge in [-0.1, -0.05) is 0 Å². The Morgan fingerprint density at radius 3 is 2.75 bits per heavy atom. The summed E-state index contributed by atoms with van der Waals surface area (Å²) in [5.41, 5.74) is 3.98. The molecule has 2 aromatic rings. The Balaban J connectivity index is 2.32. The second kappa shape index (κ2) is 5.29. The number of hydrogen-bond acceptors (Lipinski definition) is 5. The molecule has 0 aliphatic rings. The largest absolute Gasteiger partial charge is 0.496 e. The molecule has 1 atom stereocenters. The normalized spacial score (nSPS) is 12.7. The first-order valence-electron chi connectivity index (χ1n) is 4.56. The van der Waals surface area contributed by atoms with Crippen LogP contribution in [0, 0.1) is 0 Å². The molecule has 0 aliphatic carbocycles. The fraction of sp³-hybridized carbons (Fsp3) is 0.200. The summed E-state index contributed by atoms with van der Waals surface area (Å²) in [4.78, 5) is 1.14. The lowest BCUT2D eigenvalue weighted by Gasteiger charge is -2.13. The van der Waals surface area contributed by atoms with Gasteiger partial charge in [-0.25, -0.2) is 5.43 Å². The predicted octanol–water partition coefficient (Wildman–Crippen LogP) is 3.13. The van der Waals surface area contributed by atoms with Crippen LogP contribution in [0.3, 0.4) is 0 Å². The van der Waals surface area contributed by atoms with E-state index in [1.165, 1.54) is 0 Å². The Hall–Kier alpha value is -0.400. The van der Waals surface area contributed by atoms with Crippen molar-refractivity contribution in [2.24, 2.45) is 5.84 Å². The minimum atomic E-state index is 0.00882. The van der Waals surface area contributed by atoms with Crippen molar-refractivity contribution in [1.29, 1.82) is 0 Å². The monoisotopic (exact) mass is 318 g/mol. The van der Waals surface area contributed by atoms with E-state index in [-0.39, 0.29) is 6.04 Å². The van der Waals surface area contributed by atoms with E-state index < -0.39 is 0 Å². The van der Waals surface area contributed by atoms with Gasteiger partial charge >= 0.3 is 0 Å². The van der Waals surface area contributed by atoms with E-state index in [2.05, 4.69) is 26.7 Å². The highest BCUT2D eigenvalue weighted by molar-refractivity contribution is 9.10. The van der Waals surface area contributed by atoms with E-state index in [0.717, 1.165) is 20.7 Å². The highest BCUT2D eigenvalue weighted by Gasteiger charge is 2.18. The lowest BCUT2D eigenvalue weighted by atomic mass is 10.1. The van der Waals surface area contributed by atoms with Crippen LogP contribution in [0.4, 0.5) is 0 Å². The first-order valence-corrected chi connectivity index (χ1v) is 7.18. The molecule has 2 aromatic heterocycles. The number of methoxy groups -OCH3 is 1. The Labute approximate surface area is 110 Å². The molecule has 0 fully saturated rings. The molecule has 1 unspecified atom stereocenters. The van der Waals surface area contributed by atoms with Crippen molar-refractivity contribution in [3.63, 3.8) is 0 Å². The van der Waals surface area contributed by atoms with Crippen molar-refractivity contribution >= 4 is 38.6 Å². The van der Waals surface area contributed by atoms with Crippen molar-refractivity contribution in [2.75, 3.05) is 7.11 Å². The predicted molar refractivity (Wildman–Crippen MR) is 72.1 cm³/mol. The molecule has 0 bridgehead atoms. The third kappa shape index (κ3) is 2.31. The molecule has 6 heteroatoms. The van der Waals surface area contributed by atoms with Crippen LogP contribution < -0.4 is 16.0 Å². The zero-order chi connectivity index (χ0) is 11.5. The van der Waals surface area contributed by atoms with Crippen LogP contribution >= 0.6 is 38.6 Å². The summed E-state index contributed by atoms with van der Waals surface area (Å²) < 4.78 is 6.25. The summed E-state index contributed by atoms with van der Waals surface area (Å²) in [5.74, 6) is 6.48. The second-order valence-corrected chi connectivity index (χ2v) is 5.70. The van der Waals surface area contributed by atoms with Crippen molar-refractivity contribution in [2.45, 2.75) is 6.04 Å². The smallest absolute Gasteiger partial charge is 0.129 e. The summed E-state index contributed by atoms with van der Waals surface area (Å²) in [6.45, 7) is 0. The van der Waals surface area contributed by atoms with Gasteiger partial charge in [0.05, 0.1) is 13.2 Å². The average molecular weight is 319 g/mol. The van der Waals surface area contributed by atoms with Gasteiger partial charge in [0, 0.05) is 25.7 Å².